The van der Waals surface area contributed by atoms with Gasteiger partial charge < -0.3 is 10.4 Å². The molecule has 0 heterocycles. The van der Waals surface area contributed by atoms with E-state index in [-0.39, 0.29) is 5.75 Å². The van der Waals surface area contributed by atoms with Gasteiger partial charge in [-0.1, -0.05) is 29.8 Å². The van der Waals surface area contributed by atoms with E-state index >= 15 is 0 Å². The Balaban J connectivity index is 2.51. The first-order chi connectivity index (χ1) is 6.59. The van der Waals surface area contributed by atoms with Crippen LogP contribution in [0.5, 0.6) is 5.75 Å². The van der Waals surface area contributed by atoms with E-state index in [9.17, 15) is 5.11 Å². The largest absolute Gasteiger partial charge is 0.506 e. The third-order valence-corrected chi connectivity index (χ3v) is 2.07. The van der Waals surface area contributed by atoms with Crippen LogP contribution in [0.15, 0.2) is 30.4 Å². The van der Waals surface area contributed by atoms with Crippen molar-refractivity contribution in [2.75, 3.05) is 6.54 Å². The summed E-state index contributed by atoms with van der Waals surface area (Å²) >= 11 is 5.76. The van der Waals surface area contributed by atoms with Crippen molar-refractivity contribution in [3.05, 3.63) is 40.9 Å². The van der Waals surface area contributed by atoms with Crippen molar-refractivity contribution >= 4 is 11.6 Å². The molecule has 14 heavy (non-hydrogen) atoms. The molecular formula is C11H14ClNO. The number of nitrogens with one attached hydrogen (secondary N) is 1. The molecule has 1 aromatic rings. The molecule has 2 N–H and O–H groups in total. The monoisotopic (exact) mass is 211 g/mol. The first-order valence-corrected chi connectivity index (χ1v) is 4.80. The van der Waals surface area contributed by atoms with Gasteiger partial charge in [0, 0.05) is 13.1 Å². The molecule has 0 saturated heterocycles. The van der Waals surface area contributed by atoms with Crippen LogP contribution >= 0.6 is 11.6 Å². The lowest BCUT2D eigenvalue weighted by molar-refractivity contribution is 0.475. The average Bonchev–Trinajstić information content (AvgIpc) is 2.10. The van der Waals surface area contributed by atoms with Crippen LogP contribution in [-0.4, -0.2) is 11.7 Å². The highest BCUT2D eigenvalue weighted by Gasteiger charge is 1.99. The second-order valence-corrected chi connectivity index (χ2v) is 3.75. The summed E-state index contributed by atoms with van der Waals surface area (Å²) in [6, 6.07) is 5.19. The van der Waals surface area contributed by atoms with Gasteiger partial charge in [-0.05, 0) is 24.6 Å². The minimum atomic E-state index is 0.121. The van der Waals surface area contributed by atoms with Crippen molar-refractivity contribution < 1.29 is 5.11 Å². The summed E-state index contributed by atoms with van der Waals surface area (Å²) < 4.78 is 0. The van der Waals surface area contributed by atoms with E-state index in [1.54, 1.807) is 12.1 Å². The summed E-state index contributed by atoms with van der Waals surface area (Å²) in [5.74, 6) is 0.121. The number of aromatic hydroxyl groups is 1. The van der Waals surface area contributed by atoms with E-state index in [1.165, 1.54) is 0 Å². The maximum Gasteiger partial charge on any atom is 0.134 e. The topological polar surface area (TPSA) is 32.3 Å². The highest BCUT2D eigenvalue weighted by molar-refractivity contribution is 6.32. The molecule has 0 aromatic heterocycles. The van der Waals surface area contributed by atoms with E-state index in [2.05, 4.69) is 11.9 Å². The van der Waals surface area contributed by atoms with E-state index in [1.807, 2.05) is 13.0 Å². The minimum Gasteiger partial charge on any atom is -0.506 e. The van der Waals surface area contributed by atoms with Gasteiger partial charge in [-0.15, -0.1) is 0 Å². The van der Waals surface area contributed by atoms with Crippen LogP contribution in [0.4, 0.5) is 0 Å². The Kier molecular flexibility index (Phi) is 3.98. The maximum atomic E-state index is 9.19. The van der Waals surface area contributed by atoms with Gasteiger partial charge >= 0.3 is 0 Å². The Morgan fingerprint density at radius 1 is 1.57 bits per heavy atom. The molecule has 0 spiro atoms. The van der Waals surface area contributed by atoms with Crippen molar-refractivity contribution in [3.8, 4) is 5.75 Å². The zero-order chi connectivity index (χ0) is 10.6. The van der Waals surface area contributed by atoms with Gasteiger partial charge in [0.05, 0.1) is 5.02 Å². The summed E-state index contributed by atoms with van der Waals surface area (Å²) in [6.07, 6.45) is 0. The standard InChI is InChI=1S/C11H14ClNO/c1-8(2)6-13-7-9-3-4-11(14)10(12)5-9/h3-5,13-14H,1,6-7H2,2H3. The van der Waals surface area contributed by atoms with Crippen LogP contribution < -0.4 is 5.32 Å². The number of halogens is 1. The Hall–Kier alpha value is -0.990. The molecular weight excluding hydrogens is 198 g/mol. The normalized spacial score (nSPS) is 10.1. The summed E-state index contributed by atoms with van der Waals surface area (Å²) in [5, 5.41) is 12.8. The van der Waals surface area contributed by atoms with Gasteiger partial charge in [0.15, 0.2) is 0 Å². The van der Waals surface area contributed by atoms with Crippen molar-refractivity contribution in [1.82, 2.24) is 5.32 Å². The molecule has 3 heteroatoms. The van der Waals surface area contributed by atoms with Crippen LogP contribution in [0.1, 0.15) is 12.5 Å². The number of hydrogen-bond acceptors (Lipinski definition) is 2. The zero-order valence-electron chi connectivity index (χ0n) is 8.18. The molecule has 76 valence electrons. The number of phenols is 1. The quantitative estimate of drug-likeness (QED) is 0.751. The van der Waals surface area contributed by atoms with E-state index in [4.69, 9.17) is 11.6 Å². The molecule has 0 saturated carbocycles. The predicted molar refractivity (Wildman–Crippen MR) is 59.6 cm³/mol. The molecule has 2 nitrogen and oxygen atoms in total. The highest BCUT2D eigenvalue weighted by Crippen LogP contribution is 2.23. The molecule has 0 amide bonds. The van der Waals surface area contributed by atoms with Crippen LogP contribution in [0.2, 0.25) is 5.02 Å². The maximum absolute atomic E-state index is 9.19. The van der Waals surface area contributed by atoms with Gasteiger partial charge in [0.2, 0.25) is 0 Å². The molecule has 0 aliphatic carbocycles. The number of benzene rings is 1. The molecule has 0 bridgehead atoms. The minimum absolute atomic E-state index is 0.121. The highest BCUT2D eigenvalue weighted by atomic mass is 35.5. The Morgan fingerprint density at radius 3 is 2.86 bits per heavy atom. The molecule has 0 atom stereocenters. The molecule has 0 aliphatic rings. The molecule has 0 aliphatic heterocycles. The number of rotatable bonds is 4. The summed E-state index contributed by atoms with van der Waals surface area (Å²) in [5.41, 5.74) is 2.14. The second kappa shape index (κ2) is 5.03. The van der Waals surface area contributed by atoms with Gasteiger partial charge in [0.1, 0.15) is 5.75 Å². The van der Waals surface area contributed by atoms with Crippen molar-refractivity contribution in [3.63, 3.8) is 0 Å². The van der Waals surface area contributed by atoms with Crippen LogP contribution in [0, 0.1) is 0 Å². The lowest BCUT2D eigenvalue weighted by atomic mass is 10.2. The molecule has 1 rings (SSSR count). The fourth-order valence-corrected chi connectivity index (χ4v) is 1.28. The SMILES string of the molecule is C=C(C)CNCc1ccc(O)c(Cl)c1. The van der Waals surface area contributed by atoms with Gasteiger partial charge in [0.25, 0.3) is 0 Å². The smallest absolute Gasteiger partial charge is 0.134 e. The van der Waals surface area contributed by atoms with E-state index in [0.717, 1.165) is 24.2 Å². The van der Waals surface area contributed by atoms with Crippen molar-refractivity contribution in [1.29, 1.82) is 0 Å². The predicted octanol–water partition coefficient (Wildman–Crippen LogP) is 2.71. The fraction of sp³-hybridized carbons (Fsp3) is 0.273. The lowest BCUT2D eigenvalue weighted by Crippen LogP contribution is -2.14. The Labute approximate surface area is 89.2 Å². The Morgan fingerprint density at radius 2 is 2.29 bits per heavy atom. The van der Waals surface area contributed by atoms with Crippen molar-refractivity contribution in [2.45, 2.75) is 13.5 Å². The lowest BCUT2D eigenvalue weighted by Gasteiger charge is -2.05. The van der Waals surface area contributed by atoms with Gasteiger partial charge in [-0.3, -0.25) is 0 Å². The summed E-state index contributed by atoms with van der Waals surface area (Å²) in [7, 11) is 0. The third kappa shape index (κ3) is 3.40. The first-order valence-electron chi connectivity index (χ1n) is 4.42. The summed E-state index contributed by atoms with van der Waals surface area (Å²) in [6.45, 7) is 7.28. The third-order valence-electron chi connectivity index (χ3n) is 1.77. The van der Waals surface area contributed by atoms with E-state index < -0.39 is 0 Å². The molecule has 1 aromatic carbocycles. The van der Waals surface area contributed by atoms with Gasteiger partial charge in [-0.25, -0.2) is 0 Å². The average molecular weight is 212 g/mol. The molecule has 0 fully saturated rings. The zero-order valence-corrected chi connectivity index (χ0v) is 8.93. The van der Waals surface area contributed by atoms with Crippen molar-refractivity contribution in [2.24, 2.45) is 0 Å². The van der Waals surface area contributed by atoms with E-state index in [0.29, 0.717) is 5.02 Å². The molecule has 0 radical (unpaired) electrons. The van der Waals surface area contributed by atoms with Crippen LogP contribution in [-0.2, 0) is 6.54 Å². The van der Waals surface area contributed by atoms with Crippen LogP contribution in [0.3, 0.4) is 0 Å². The van der Waals surface area contributed by atoms with Crippen LogP contribution in [0.25, 0.3) is 0 Å². The fourth-order valence-electron chi connectivity index (χ4n) is 1.08. The first kappa shape index (κ1) is 11.1. The number of hydrogen-bond donors (Lipinski definition) is 2. The van der Waals surface area contributed by atoms with Gasteiger partial charge in [-0.2, -0.15) is 0 Å². The molecule has 0 unspecified atom stereocenters. The number of phenolic OH excluding ortho intramolecular Hbond substituents is 1. The Bertz CT molecular complexity index is 336. The summed E-state index contributed by atoms with van der Waals surface area (Å²) in [4.78, 5) is 0. The second-order valence-electron chi connectivity index (χ2n) is 3.35.